The second kappa shape index (κ2) is 6.56. The topological polar surface area (TPSA) is 64.4 Å². The summed E-state index contributed by atoms with van der Waals surface area (Å²) in [6.45, 7) is 0.755. The van der Waals surface area contributed by atoms with Crippen LogP contribution in [-0.2, 0) is 6.42 Å². The van der Waals surface area contributed by atoms with Crippen LogP contribution in [0.1, 0.15) is 5.56 Å². The number of hydrogen-bond acceptors (Lipinski definition) is 4. The summed E-state index contributed by atoms with van der Waals surface area (Å²) < 4.78 is 5.03. The van der Waals surface area contributed by atoms with Gasteiger partial charge in [0.05, 0.1) is 12.0 Å². The molecular weight excluding hydrogens is 256 g/mol. The van der Waals surface area contributed by atoms with Crippen LogP contribution in [0.3, 0.4) is 0 Å². The molecule has 0 aliphatic rings. The fourth-order valence-electron chi connectivity index (χ4n) is 1.93. The number of benzene rings is 2. The molecule has 20 heavy (non-hydrogen) atoms. The number of nitro benzene ring substituents is 1. The molecule has 2 rings (SSSR count). The highest BCUT2D eigenvalue weighted by Crippen LogP contribution is 2.29. The molecule has 0 bridgehead atoms. The molecule has 5 nitrogen and oxygen atoms in total. The Labute approximate surface area is 117 Å². The van der Waals surface area contributed by atoms with Gasteiger partial charge in [0.1, 0.15) is 0 Å². The molecule has 1 N–H and O–H groups in total. The SMILES string of the molecule is COc1cc(NCCc2ccccc2)ccc1[N+](=O)[O-]. The van der Waals surface area contributed by atoms with E-state index in [-0.39, 0.29) is 11.4 Å². The van der Waals surface area contributed by atoms with Crippen LogP contribution < -0.4 is 10.1 Å². The smallest absolute Gasteiger partial charge is 0.311 e. The minimum Gasteiger partial charge on any atom is -0.490 e. The third-order valence-electron chi connectivity index (χ3n) is 2.96. The van der Waals surface area contributed by atoms with Gasteiger partial charge in [-0.1, -0.05) is 30.3 Å². The van der Waals surface area contributed by atoms with Crippen molar-refractivity contribution in [3.8, 4) is 5.75 Å². The van der Waals surface area contributed by atoms with Crippen LogP contribution in [0.5, 0.6) is 5.75 Å². The second-order valence-electron chi connectivity index (χ2n) is 4.31. The summed E-state index contributed by atoms with van der Waals surface area (Å²) in [7, 11) is 1.43. The summed E-state index contributed by atoms with van der Waals surface area (Å²) in [5.41, 5.74) is 2.03. The highest BCUT2D eigenvalue weighted by Gasteiger charge is 2.14. The summed E-state index contributed by atoms with van der Waals surface area (Å²) in [6.07, 6.45) is 0.889. The van der Waals surface area contributed by atoms with Crippen LogP contribution in [0.4, 0.5) is 11.4 Å². The molecule has 0 fully saturated rings. The van der Waals surface area contributed by atoms with Gasteiger partial charge in [-0.15, -0.1) is 0 Å². The van der Waals surface area contributed by atoms with Crippen molar-refractivity contribution in [3.05, 3.63) is 64.2 Å². The zero-order chi connectivity index (χ0) is 14.4. The molecule has 2 aromatic carbocycles. The van der Waals surface area contributed by atoms with Gasteiger partial charge >= 0.3 is 5.69 Å². The normalized spacial score (nSPS) is 10.1. The third-order valence-corrected chi connectivity index (χ3v) is 2.96. The zero-order valence-corrected chi connectivity index (χ0v) is 11.2. The first-order valence-corrected chi connectivity index (χ1v) is 6.31. The van der Waals surface area contributed by atoms with Gasteiger partial charge in [0.2, 0.25) is 0 Å². The Balaban J connectivity index is 1.98. The number of ether oxygens (including phenoxy) is 1. The maximum absolute atomic E-state index is 10.8. The number of hydrogen-bond donors (Lipinski definition) is 1. The van der Waals surface area contributed by atoms with Gasteiger partial charge in [0.15, 0.2) is 5.75 Å². The Kier molecular flexibility index (Phi) is 4.55. The highest BCUT2D eigenvalue weighted by molar-refractivity contribution is 5.58. The van der Waals surface area contributed by atoms with Gasteiger partial charge in [-0.25, -0.2) is 0 Å². The van der Waals surface area contributed by atoms with E-state index in [0.29, 0.717) is 0 Å². The minimum atomic E-state index is -0.452. The average Bonchev–Trinajstić information content (AvgIpc) is 2.48. The highest BCUT2D eigenvalue weighted by atomic mass is 16.6. The molecule has 0 atom stereocenters. The van der Waals surface area contributed by atoms with Crippen molar-refractivity contribution >= 4 is 11.4 Å². The van der Waals surface area contributed by atoms with Gasteiger partial charge in [-0.3, -0.25) is 10.1 Å². The minimum absolute atomic E-state index is 0.0268. The van der Waals surface area contributed by atoms with Crippen molar-refractivity contribution in [2.75, 3.05) is 19.0 Å². The van der Waals surface area contributed by atoms with Gasteiger partial charge in [-0.2, -0.15) is 0 Å². The molecule has 0 spiro atoms. The van der Waals surface area contributed by atoms with Crippen LogP contribution in [0.2, 0.25) is 0 Å². The molecule has 0 heterocycles. The second-order valence-corrected chi connectivity index (χ2v) is 4.31. The number of nitro groups is 1. The van der Waals surface area contributed by atoms with Crippen LogP contribution >= 0.6 is 0 Å². The van der Waals surface area contributed by atoms with Crippen molar-refractivity contribution in [3.63, 3.8) is 0 Å². The van der Waals surface area contributed by atoms with Crippen molar-refractivity contribution < 1.29 is 9.66 Å². The van der Waals surface area contributed by atoms with E-state index in [2.05, 4.69) is 17.4 Å². The number of methoxy groups -OCH3 is 1. The first-order chi connectivity index (χ1) is 9.70. The Bertz CT molecular complexity index is 585. The molecule has 0 saturated heterocycles. The standard InChI is InChI=1S/C15H16N2O3/c1-20-15-11-13(7-8-14(15)17(18)19)16-10-9-12-5-3-2-4-6-12/h2-8,11,16H,9-10H2,1H3. The lowest BCUT2D eigenvalue weighted by molar-refractivity contribution is -0.385. The third kappa shape index (κ3) is 3.47. The summed E-state index contributed by atoms with van der Waals surface area (Å²) >= 11 is 0. The number of anilines is 1. The van der Waals surface area contributed by atoms with E-state index in [9.17, 15) is 10.1 Å². The maximum Gasteiger partial charge on any atom is 0.311 e. The van der Waals surface area contributed by atoms with Crippen LogP contribution in [0, 0.1) is 10.1 Å². The Hall–Kier alpha value is -2.56. The predicted octanol–water partition coefficient (Wildman–Crippen LogP) is 3.26. The lowest BCUT2D eigenvalue weighted by Crippen LogP contribution is -2.05. The molecule has 0 saturated carbocycles. The number of nitrogens with zero attached hydrogens (tertiary/aromatic N) is 1. The lowest BCUT2D eigenvalue weighted by atomic mass is 10.1. The van der Waals surface area contributed by atoms with E-state index in [1.807, 2.05) is 18.2 Å². The van der Waals surface area contributed by atoms with E-state index in [1.54, 1.807) is 12.1 Å². The van der Waals surface area contributed by atoms with E-state index >= 15 is 0 Å². The summed E-state index contributed by atoms with van der Waals surface area (Å²) in [6, 6.07) is 14.9. The van der Waals surface area contributed by atoms with Gasteiger partial charge in [0, 0.05) is 24.4 Å². The Morgan fingerprint density at radius 2 is 1.95 bits per heavy atom. The van der Waals surface area contributed by atoms with Crippen LogP contribution in [0.15, 0.2) is 48.5 Å². The van der Waals surface area contributed by atoms with Crippen molar-refractivity contribution in [1.82, 2.24) is 0 Å². The van der Waals surface area contributed by atoms with Gasteiger partial charge in [0.25, 0.3) is 0 Å². The van der Waals surface area contributed by atoms with Crippen LogP contribution in [-0.4, -0.2) is 18.6 Å². The van der Waals surface area contributed by atoms with E-state index in [0.717, 1.165) is 18.7 Å². The molecule has 0 unspecified atom stereocenters. The summed E-state index contributed by atoms with van der Waals surface area (Å²) in [5.74, 6) is 0.264. The number of rotatable bonds is 6. The molecule has 0 aromatic heterocycles. The lowest BCUT2D eigenvalue weighted by Gasteiger charge is -2.08. The first kappa shape index (κ1) is 13.9. The van der Waals surface area contributed by atoms with E-state index in [4.69, 9.17) is 4.74 Å². The molecule has 0 aliphatic heterocycles. The van der Waals surface area contributed by atoms with Crippen LogP contribution in [0.25, 0.3) is 0 Å². The van der Waals surface area contributed by atoms with Crippen molar-refractivity contribution in [1.29, 1.82) is 0 Å². The fourth-order valence-corrected chi connectivity index (χ4v) is 1.93. The molecule has 5 heteroatoms. The molecule has 0 amide bonds. The molecule has 0 aliphatic carbocycles. The van der Waals surface area contributed by atoms with Gasteiger partial charge < -0.3 is 10.1 Å². The van der Waals surface area contributed by atoms with Crippen molar-refractivity contribution in [2.45, 2.75) is 6.42 Å². The molecule has 104 valence electrons. The molecule has 0 radical (unpaired) electrons. The maximum atomic E-state index is 10.8. The first-order valence-electron chi connectivity index (χ1n) is 6.31. The predicted molar refractivity (Wildman–Crippen MR) is 78.3 cm³/mol. The summed E-state index contributed by atoms with van der Waals surface area (Å²) in [5, 5.41) is 14.0. The largest absolute Gasteiger partial charge is 0.490 e. The fraction of sp³-hybridized carbons (Fsp3) is 0.200. The van der Waals surface area contributed by atoms with E-state index < -0.39 is 4.92 Å². The Morgan fingerprint density at radius 1 is 1.20 bits per heavy atom. The average molecular weight is 272 g/mol. The monoisotopic (exact) mass is 272 g/mol. The zero-order valence-electron chi connectivity index (χ0n) is 11.2. The molecular formula is C15H16N2O3. The quantitative estimate of drug-likeness (QED) is 0.647. The van der Waals surface area contributed by atoms with E-state index in [1.165, 1.54) is 18.7 Å². The Morgan fingerprint density at radius 3 is 2.60 bits per heavy atom. The molecule has 2 aromatic rings. The number of nitrogens with one attached hydrogen (secondary N) is 1. The summed E-state index contributed by atoms with van der Waals surface area (Å²) in [4.78, 5) is 10.3. The van der Waals surface area contributed by atoms with Gasteiger partial charge in [-0.05, 0) is 18.1 Å². The van der Waals surface area contributed by atoms with Crippen molar-refractivity contribution in [2.24, 2.45) is 0 Å².